The fourth-order valence-electron chi connectivity index (χ4n) is 2.40. The van der Waals surface area contributed by atoms with Crippen molar-refractivity contribution in [2.24, 2.45) is 0 Å². The number of amides is 1. The Hall–Kier alpha value is -1.38. The minimum atomic E-state index is -0.0463. The zero-order chi connectivity index (χ0) is 13.4. The Bertz CT molecular complexity index is 562. The smallest absolute Gasteiger partial charge is 0.244 e. The highest BCUT2D eigenvalue weighted by atomic mass is 79.9. The minimum absolute atomic E-state index is 0.0463. The molecule has 5 heteroatoms. The molecule has 1 saturated heterocycles. The first-order valence-corrected chi connectivity index (χ1v) is 7.25. The van der Waals surface area contributed by atoms with E-state index < -0.39 is 0 Å². The lowest BCUT2D eigenvalue weighted by molar-refractivity contribution is -0.118. The largest absolute Gasteiger partial charge is 0.310 e. The van der Waals surface area contributed by atoms with E-state index in [1.165, 1.54) is 12.8 Å². The van der Waals surface area contributed by atoms with Gasteiger partial charge in [0.25, 0.3) is 0 Å². The number of nitrogens with one attached hydrogen (secondary N) is 1. The van der Waals surface area contributed by atoms with Crippen molar-refractivity contribution in [3.8, 4) is 6.07 Å². The van der Waals surface area contributed by atoms with Gasteiger partial charge in [-0.3, -0.25) is 4.79 Å². The summed E-state index contributed by atoms with van der Waals surface area (Å²) >= 11 is 3.44. The normalized spacial score (nSPS) is 22.6. The summed E-state index contributed by atoms with van der Waals surface area (Å²) in [6.45, 7) is 0.730. The van der Waals surface area contributed by atoms with E-state index in [9.17, 15) is 4.79 Å². The van der Waals surface area contributed by atoms with Crippen LogP contribution in [-0.2, 0) is 4.79 Å². The predicted octanol–water partition coefficient (Wildman–Crippen LogP) is 2.18. The molecule has 0 bridgehead atoms. The van der Waals surface area contributed by atoms with Crippen molar-refractivity contribution in [1.82, 2.24) is 5.32 Å². The van der Waals surface area contributed by atoms with Crippen molar-refractivity contribution in [2.45, 2.75) is 31.3 Å². The molecule has 0 spiro atoms. The van der Waals surface area contributed by atoms with E-state index in [-0.39, 0.29) is 11.9 Å². The third-order valence-corrected chi connectivity index (χ3v) is 4.22. The molecular weight excluding hydrogens is 306 g/mol. The number of benzene rings is 1. The van der Waals surface area contributed by atoms with E-state index in [2.05, 4.69) is 27.3 Å². The van der Waals surface area contributed by atoms with Gasteiger partial charge >= 0.3 is 0 Å². The molecule has 2 fully saturated rings. The van der Waals surface area contributed by atoms with Crippen molar-refractivity contribution in [3.05, 3.63) is 28.2 Å². The number of nitrogens with zero attached hydrogens (tertiary/aromatic N) is 2. The maximum absolute atomic E-state index is 12.4. The standard InChI is InChI=1S/C14H14BrN3O/c15-11-7-9(8-16)1-4-13(11)18-6-5-12(14(18)19)17-10-2-3-10/h1,4,7,10,12,17H,2-3,5-6H2. The average Bonchev–Trinajstić information content (AvgIpc) is 3.15. The van der Waals surface area contributed by atoms with E-state index in [0.717, 1.165) is 23.1 Å². The van der Waals surface area contributed by atoms with Crippen LogP contribution in [0, 0.1) is 11.3 Å². The molecule has 1 aromatic rings. The third kappa shape index (κ3) is 2.51. The van der Waals surface area contributed by atoms with Gasteiger partial charge in [0.2, 0.25) is 5.91 Å². The first-order chi connectivity index (χ1) is 9.19. The number of carbonyl (C=O) groups excluding carboxylic acids is 1. The summed E-state index contributed by atoms with van der Waals surface area (Å²) in [5, 5.41) is 12.2. The highest BCUT2D eigenvalue weighted by molar-refractivity contribution is 9.10. The summed E-state index contributed by atoms with van der Waals surface area (Å²) in [7, 11) is 0. The topological polar surface area (TPSA) is 56.1 Å². The summed E-state index contributed by atoms with van der Waals surface area (Å²) < 4.78 is 0.798. The summed E-state index contributed by atoms with van der Waals surface area (Å²) in [6.07, 6.45) is 3.22. The van der Waals surface area contributed by atoms with Crippen molar-refractivity contribution in [1.29, 1.82) is 5.26 Å². The zero-order valence-electron chi connectivity index (χ0n) is 10.4. The summed E-state index contributed by atoms with van der Waals surface area (Å²) in [4.78, 5) is 14.2. The Morgan fingerprint density at radius 3 is 2.79 bits per heavy atom. The number of halogens is 1. The Morgan fingerprint density at radius 1 is 1.37 bits per heavy atom. The fourth-order valence-corrected chi connectivity index (χ4v) is 3.00. The van der Waals surface area contributed by atoms with E-state index in [4.69, 9.17) is 5.26 Å². The van der Waals surface area contributed by atoms with Gasteiger partial charge in [0, 0.05) is 17.1 Å². The quantitative estimate of drug-likeness (QED) is 0.929. The molecule has 1 N–H and O–H groups in total. The summed E-state index contributed by atoms with van der Waals surface area (Å²) in [5.74, 6) is 0.136. The fraction of sp³-hybridized carbons (Fsp3) is 0.429. The molecule has 1 aliphatic carbocycles. The van der Waals surface area contributed by atoms with Gasteiger partial charge in [-0.1, -0.05) is 0 Å². The van der Waals surface area contributed by atoms with Crippen LogP contribution in [0.15, 0.2) is 22.7 Å². The molecule has 19 heavy (non-hydrogen) atoms. The number of rotatable bonds is 3. The predicted molar refractivity (Wildman–Crippen MR) is 75.8 cm³/mol. The van der Waals surface area contributed by atoms with Gasteiger partial charge in [-0.05, 0) is 53.4 Å². The molecule has 1 amide bonds. The molecule has 3 rings (SSSR count). The molecule has 1 saturated carbocycles. The van der Waals surface area contributed by atoms with Gasteiger partial charge in [-0.2, -0.15) is 5.26 Å². The van der Waals surface area contributed by atoms with Crippen LogP contribution in [0.4, 0.5) is 5.69 Å². The maximum atomic E-state index is 12.4. The molecule has 1 aliphatic heterocycles. The lowest BCUT2D eigenvalue weighted by atomic mass is 10.2. The van der Waals surface area contributed by atoms with E-state index >= 15 is 0 Å². The van der Waals surface area contributed by atoms with Gasteiger partial charge in [0.05, 0.1) is 23.4 Å². The van der Waals surface area contributed by atoms with Crippen LogP contribution in [0.2, 0.25) is 0 Å². The first-order valence-electron chi connectivity index (χ1n) is 6.46. The molecule has 98 valence electrons. The van der Waals surface area contributed by atoms with E-state index in [1.54, 1.807) is 17.0 Å². The lowest BCUT2D eigenvalue weighted by Crippen LogP contribution is -2.39. The summed E-state index contributed by atoms with van der Waals surface area (Å²) in [6, 6.07) is 7.92. The SMILES string of the molecule is N#Cc1ccc(N2CCC(NC3CC3)C2=O)c(Br)c1. The maximum Gasteiger partial charge on any atom is 0.244 e. The third-order valence-electron chi connectivity index (χ3n) is 3.59. The Morgan fingerprint density at radius 2 is 2.16 bits per heavy atom. The van der Waals surface area contributed by atoms with Crippen LogP contribution in [0.3, 0.4) is 0 Å². The highest BCUT2D eigenvalue weighted by Gasteiger charge is 2.36. The molecule has 1 heterocycles. The second kappa shape index (κ2) is 4.95. The van der Waals surface area contributed by atoms with Crippen molar-refractivity contribution in [3.63, 3.8) is 0 Å². The molecular formula is C14H14BrN3O. The highest BCUT2D eigenvalue weighted by Crippen LogP contribution is 2.31. The molecule has 4 nitrogen and oxygen atoms in total. The van der Waals surface area contributed by atoms with E-state index in [0.29, 0.717) is 11.6 Å². The van der Waals surface area contributed by atoms with Crippen LogP contribution in [0.25, 0.3) is 0 Å². The molecule has 0 radical (unpaired) electrons. The molecule has 0 aromatic heterocycles. The van der Waals surface area contributed by atoms with Crippen LogP contribution >= 0.6 is 15.9 Å². The minimum Gasteiger partial charge on any atom is -0.310 e. The van der Waals surface area contributed by atoms with Crippen LogP contribution < -0.4 is 10.2 Å². The number of hydrogen-bond donors (Lipinski definition) is 1. The molecule has 1 aromatic carbocycles. The van der Waals surface area contributed by atoms with E-state index in [1.807, 2.05) is 6.07 Å². The van der Waals surface area contributed by atoms with Gasteiger partial charge < -0.3 is 10.2 Å². The van der Waals surface area contributed by atoms with Gasteiger partial charge in [0.1, 0.15) is 0 Å². The van der Waals surface area contributed by atoms with Crippen LogP contribution in [0.5, 0.6) is 0 Å². The monoisotopic (exact) mass is 319 g/mol. The van der Waals surface area contributed by atoms with Crippen molar-refractivity contribution >= 4 is 27.5 Å². The number of anilines is 1. The van der Waals surface area contributed by atoms with Gasteiger partial charge in [-0.15, -0.1) is 0 Å². The zero-order valence-corrected chi connectivity index (χ0v) is 12.0. The first kappa shape index (κ1) is 12.6. The van der Waals surface area contributed by atoms with Gasteiger partial charge in [-0.25, -0.2) is 0 Å². The average molecular weight is 320 g/mol. The Labute approximate surface area is 120 Å². The summed E-state index contributed by atoms with van der Waals surface area (Å²) in [5.41, 5.74) is 1.44. The number of hydrogen-bond acceptors (Lipinski definition) is 3. The van der Waals surface area contributed by atoms with Crippen molar-refractivity contribution in [2.75, 3.05) is 11.4 Å². The lowest BCUT2D eigenvalue weighted by Gasteiger charge is -2.18. The van der Waals surface area contributed by atoms with Crippen LogP contribution in [-0.4, -0.2) is 24.5 Å². The number of nitriles is 1. The second-order valence-electron chi connectivity index (χ2n) is 5.05. The molecule has 1 atom stereocenters. The van der Waals surface area contributed by atoms with Gasteiger partial charge in [0.15, 0.2) is 0 Å². The molecule has 1 unspecified atom stereocenters. The number of carbonyl (C=O) groups is 1. The Balaban J connectivity index is 1.79. The second-order valence-corrected chi connectivity index (χ2v) is 5.90. The van der Waals surface area contributed by atoms with Crippen molar-refractivity contribution < 1.29 is 4.79 Å². The van der Waals surface area contributed by atoms with Crippen LogP contribution in [0.1, 0.15) is 24.8 Å². The Kier molecular flexibility index (Phi) is 3.29. The molecule has 2 aliphatic rings.